The van der Waals surface area contributed by atoms with Gasteiger partial charge < -0.3 is 9.64 Å². The van der Waals surface area contributed by atoms with Crippen LogP contribution in [0.2, 0.25) is 0 Å². The molecule has 4 heterocycles. The Morgan fingerprint density at radius 1 is 1.16 bits per heavy atom. The summed E-state index contributed by atoms with van der Waals surface area (Å²) in [5.41, 5.74) is 2.40. The zero-order valence-corrected chi connectivity index (χ0v) is 14.5. The van der Waals surface area contributed by atoms with Gasteiger partial charge in [-0.05, 0) is 24.5 Å². The van der Waals surface area contributed by atoms with Crippen LogP contribution >= 0.6 is 0 Å². The van der Waals surface area contributed by atoms with Crippen molar-refractivity contribution >= 4 is 5.82 Å². The lowest BCUT2D eigenvalue weighted by atomic mass is 10.0. The summed E-state index contributed by atoms with van der Waals surface area (Å²) in [5.74, 6) is 1.48. The minimum atomic E-state index is 0.427. The maximum absolute atomic E-state index is 5.50. The quantitative estimate of drug-likeness (QED) is 0.850. The van der Waals surface area contributed by atoms with Crippen LogP contribution in [0.15, 0.2) is 36.9 Å². The topological polar surface area (TPSA) is 54.4 Å². The molecule has 1 unspecified atom stereocenters. The fourth-order valence-corrected chi connectivity index (χ4v) is 3.63. The Hall–Kier alpha value is -2.05. The first kappa shape index (κ1) is 16.4. The van der Waals surface area contributed by atoms with Crippen LogP contribution in [0.4, 0.5) is 5.82 Å². The first-order valence-corrected chi connectivity index (χ1v) is 9.14. The first-order chi connectivity index (χ1) is 12.4. The van der Waals surface area contributed by atoms with E-state index in [1.54, 1.807) is 6.33 Å². The fourth-order valence-electron chi connectivity index (χ4n) is 3.63. The maximum Gasteiger partial charge on any atom is 0.132 e. The normalized spacial score (nSPS) is 22.1. The molecule has 132 valence electrons. The molecule has 2 aromatic rings. The van der Waals surface area contributed by atoms with Gasteiger partial charge >= 0.3 is 0 Å². The van der Waals surface area contributed by atoms with Crippen LogP contribution in [0.5, 0.6) is 0 Å². The highest BCUT2D eigenvalue weighted by atomic mass is 16.5. The van der Waals surface area contributed by atoms with Crippen molar-refractivity contribution in [1.29, 1.82) is 0 Å². The monoisotopic (exact) mass is 339 g/mol. The zero-order chi connectivity index (χ0) is 16.9. The van der Waals surface area contributed by atoms with Crippen molar-refractivity contribution < 1.29 is 4.74 Å². The van der Waals surface area contributed by atoms with E-state index in [-0.39, 0.29) is 0 Å². The Morgan fingerprint density at radius 2 is 2.16 bits per heavy atom. The molecule has 2 aromatic heterocycles. The predicted octanol–water partition coefficient (Wildman–Crippen LogP) is 2.09. The van der Waals surface area contributed by atoms with E-state index in [2.05, 4.69) is 36.9 Å². The first-order valence-electron chi connectivity index (χ1n) is 9.14. The summed E-state index contributed by atoms with van der Waals surface area (Å²) in [5, 5.41) is 0. The summed E-state index contributed by atoms with van der Waals surface area (Å²) in [7, 11) is 0. The second kappa shape index (κ2) is 7.89. The highest BCUT2D eigenvalue weighted by Gasteiger charge is 2.21. The molecule has 0 bridgehead atoms. The number of ether oxygens (including phenoxy) is 1. The van der Waals surface area contributed by atoms with E-state index in [0.29, 0.717) is 5.92 Å². The van der Waals surface area contributed by atoms with Crippen molar-refractivity contribution in [3.05, 3.63) is 48.2 Å². The van der Waals surface area contributed by atoms with Crippen LogP contribution in [-0.2, 0) is 11.3 Å². The van der Waals surface area contributed by atoms with E-state index >= 15 is 0 Å². The van der Waals surface area contributed by atoms with Crippen LogP contribution in [0, 0.1) is 0 Å². The van der Waals surface area contributed by atoms with E-state index in [0.717, 1.165) is 70.3 Å². The van der Waals surface area contributed by atoms with Crippen LogP contribution in [0.3, 0.4) is 0 Å². The van der Waals surface area contributed by atoms with Crippen molar-refractivity contribution in [3.63, 3.8) is 0 Å². The average molecular weight is 339 g/mol. The van der Waals surface area contributed by atoms with Gasteiger partial charge in [0.05, 0.1) is 12.3 Å². The van der Waals surface area contributed by atoms with Crippen LogP contribution in [0.1, 0.15) is 30.0 Å². The molecule has 0 aromatic carbocycles. The SMILES string of the molecule is c1cncc(CN2CCCN(c3cc(C4CCOC4)ncn3)CC2)c1. The van der Waals surface area contributed by atoms with Gasteiger partial charge in [-0.2, -0.15) is 0 Å². The van der Waals surface area contributed by atoms with Gasteiger partial charge in [0.15, 0.2) is 0 Å². The largest absolute Gasteiger partial charge is 0.381 e. The Balaban J connectivity index is 1.40. The number of rotatable bonds is 4. The van der Waals surface area contributed by atoms with Gasteiger partial charge in [0.1, 0.15) is 12.1 Å². The molecule has 0 radical (unpaired) electrons. The van der Waals surface area contributed by atoms with E-state index < -0.39 is 0 Å². The summed E-state index contributed by atoms with van der Waals surface area (Å²) < 4.78 is 5.50. The molecule has 2 aliphatic heterocycles. The Labute approximate surface area is 148 Å². The Kier molecular flexibility index (Phi) is 5.18. The van der Waals surface area contributed by atoms with Crippen LogP contribution < -0.4 is 4.90 Å². The standard InChI is InChI=1S/C19H25N5O/c1-3-16(12-20-5-1)13-23-6-2-7-24(9-8-23)19-11-18(21-15-22-19)17-4-10-25-14-17/h1,3,5,11-12,15,17H,2,4,6-10,13-14H2. The number of pyridine rings is 1. The number of aromatic nitrogens is 3. The molecule has 0 spiro atoms. The fraction of sp³-hybridized carbons (Fsp3) is 0.526. The highest BCUT2D eigenvalue weighted by molar-refractivity contribution is 5.40. The lowest BCUT2D eigenvalue weighted by Crippen LogP contribution is -2.31. The molecule has 1 atom stereocenters. The maximum atomic E-state index is 5.50. The summed E-state index contributed by atoms with van der Waals surface area (Å²) >= 11 is 0. The third kappa shape index (κ3) is 4.14. The van der Waals surface area contributed by atoms with Crippen molar-refractivity contribution in [2.24, 2.45) is 0 Å². The molecule has 0 amide bonds. The highest BCUT2D eigenvalue weighted by Crippen LogP contribution is 2.25. The van der Waals surface area contributed by atoms with Gasteiger partial charge in [0.2, 0.25) is 0 Å². The third-order valence-corrected chi connectivity index (χ3v) is 5.06. The molecule has 0 N–H and O–H groups in total. The number of hydrogen-bond acceptors (Lipinski definition) is 6. The average Bonchev–Trinajstić information content (AvgIpc) is 3.10. The second-order valence-electron chi connectivity index (χ2n) is 6.84. The van der Waals surface area contributed by atoms with Gasteiger partial charge in [-0.25, -0.2) is 9.97 Å². The summed E-state index contributed by atoms with van der Waals surface area (Å²) in [6.45, 7) is 6.79. The number of hydrogen-bond donors (Lipinski definition) is 0. The van der Waals surface area contributed by atoms with E-state index in [4.69, 9.17) is 4.74 Å². The predicted molar refractivity (Wildman–Crippen MR) is 96.6 cm³/mol. The molecule has 0 saturated carbocycles. The van der Waals surface area contributed by atoms with Gasteiger partial charge in [-0.3, -0.25) is 9.88 Å². The molecule has 4 rings (SSSR count). The van der Waals surface area contributed by atoms with Crippen molar-refractivity contribution in [2.45, 2.75) is 25.3 Å². The van der Waals surface area contributed by atoms with Crippen LogP contribution in [0.25, 0.3) is 0 Å². The molecular formula is C19H25N5O. The molecular weight excluding hydrogens is 314 g/mol. The lowest BCUT2D eigenvalue weighted by Gasteiger charge is -2.23. The van der Waals surface area contributed by atoms with Gasteiger partial charge in [-0.1, -0.05) is 6.07 Å². The summed E-state index contributed by atoms with van der Waals surface area (Å²) in [6.07, 6.45) is 7.71. The number of anilines is 1. The minimum absolute atomic E-state index is 0.427. The molecule has 2 aliphatic rings. The molecule has 6 nitrogen and oxygen atoms in total. The molecule has 2 fully saturated rings. The van der Waals surface area contributed by atoms with Gasteiger partial charge in [0, 0.05) is 63.7 Å². The number of nitrogens with zero attached hydrogens (tertiary/aromatic N) is 5. The Morgan fingerprint density at radius 3 is 3.00 bits per heavy atom. The third-order valence-electron chi connectivity index (χ3n) is 5.06. The Bertz CT molecular complexity index is 675. The zero-order valence-electron chi connectivity index (χ0n) is 14.5. The smallest absolute Gasteiger partial charge is 0.132 e. The van der Waals surface area contributed by atoms with Crippen molar-refractivity contribution in [2.75, 3.05) is 44.3 Å². The molecule has 6 heteroatoms. The van der Waals surface area contributed by atoms with Crippen LogP contribution in [-0.4, -0.2) is 59.2 Å². The van der Waals surface area contributed by atoms with Gasteiger partial charge in [-0.15, -0.1) is 0 Å². The second-order valence-corrected chi connectivity index (χ2v) is 6.84. The van der Waals surface area contributed by atoms with E-state index in [1.165, 1.54) is 5.56 Å². The minimum Gasteiger partial charge on any atom is -0.381 e. The van der Waals surface area contributed by atoms with Gasteiger partial charge in [0.25, 0.3) is 0 Å². The van der Waals surface area contributed by atoms with Crippen molar-refractivity contribution in [3.8, 4) is 0 Å². The van der Waals surface area contributed by atoms with E-state index in [1.807, 2.05) is 18.5 Å². The molecule has 0 aliphatic carbocycles. The van der Waals surface area contributed by atoms with E-state index in [9.17, 15) is 0 Å². The molecule has 25 heavy (non-hydrogen) atoms. The molecule has 2 saturated heterocycles. The summed E-state index contributed by atoms with van der Waals surface area (Å²) in [6, 6.07) is 6.32. The van der Waals surface area contributed by atoms with Crippen molar-refractivity contribution in [1.82, 2.24) is 19.9 Å². The lowest BCUT2D eigenvalue weighted by molar-refractivity contribution is 0.193. The summed E-state index contributed by atoms with van der Waals surface area (Å²) in [4.78, 5) is 18.1.